The molecule has 2 N–H and O–H groups in total. The topological polar surface area (TPSA) is 81.1 Å². The zero-order chi connectivity index (χ0) is 15.1. The first kappa shape index (κ1) is 16.8. The second-order valence-corrected chi connectivity index (χ2v) is 5.59. The lowest BCUT2D eigenvalue weighted by Crippen LogP contribution is -2.53. The number of hydrogen-bond acceptors (Lipinski definition) is 3. The van der Waals surface area contributed by atoms with E-state index in [4.69, 9.17) is 5.11 Å². The van der Waals surface area contributed by atoms with E-state index < -0.39 is 5.97 Å². The summed E-state index contributed by atoms with van der Waals surface area (Å²) < 4.78 is 0. The smallest absolute Gasteiger partial charge is 0.320 e. The maximum atomic E-state index is 12.6. The Labute approximate surface area is 120 Å². The molecule has 1 unspecified atom stereocenters. The van der Waals surface area contributed by atoms with Crippen molar-refractivity contribution in [2.75, 3.05) is 19.7 Å². The number of aliphatic hydroxyl groups is 1. The van der Waals surface area contributed by atoms with E-state index >= 15 is 0 Å². The number of carboxylic acids is 1. The summed E-state index contributed by atoms with van der Waals surface area (Å²) in [5.74, 6) is -0.840. The first-order chi connectivity index (χ1) is 9.47. The van der Waals surface area contributed by atoms with Crippen molar-refractivity contribution in [1.29, 1.82) is 0 Å². The van der Waals surface area contributed by atoms with Gasteiger partial charge in [-0.15, -0.1) is 0 Å². The quantitative estimate of drug-likeness (QED) is 0.776. The molecule has 0 saturated carbocycles. The summed E-state index contributed by atoms with van der Waals surface area (Å²) in [6.45, 7) is 4.96. The minimum absolute atomic E-state index is 0.00714. The number of rotatable bonds is 6. The fourth-order valence-corrected chi connectivity index (χ4v) is 2.58. The molecule has 1 aliphatic rings. The number of carbonyl (C=O) groups excluding carboxylic acids is 1. The summed E-state index contributed by atoms with van der Waals surface area (Å²) >= 11 is 0. The molecule has 1 saturated heterocycles. The van der Waals surface area contributed by atoms with Gasteiger partial charge in [0.05, 0.1) is 12.6 Å². The highest BCUT2D eigenvalue weighted by Crippen LogP contribution is 2.19. The zero-order valence-corrected chi connectivity index (χ0v) is 12.4. The largest absolute Gasteiger partial charge is 0.481 e. The van der Waals surface area contributed by atoms with Crippen molar-refractivity contribution in [2.24, 2.45) is 0 Å². The van der Waals surface area contributed by atoms with Gasteiger partial charge in [0, 0.05) is 25.6 Å². The first-order valence-corrected chi connectivity index (χ1v) is 7.37. The van der Waals surface area contributed by atoms with Gasteiger partial charge in [-0.05, 0) is 39.5 Å². The van der Waals surface area contributed by atoms with Crippen molar-refractivity contribution in [3.63, 3.8) is 0 Å². The van der Waals surface area contributed by atoms with Crippen LogP contribution < -0.4 is 0 Å². The highest BCUT2D eigenvalue weighted by Gasteiger charge is 2.30. The molecule has 1 heterocycles. The lowest BCUT2D eigenvalue weighted by atomic mass is 10.0. The number of piperidine rings is 1. The monoisotopic (exact) mass is 286 g/mol. The van der Waals surface area contributed by atoms with E-state index in [0.717, 1.165) is 19.3 Å². The minimum atomic E-state index is -0.840. The number of carboxylic acid groups (broad SMARTS) is 1. The van der Waals surface area contributed by atoms with E-state index in [1.807, 2.05) is 13.8 Å². The van der Waals surface area contributed by atoms with Gasteiger partial charge in [-0.25, -0.2) is 4.79 Å². The van der Waals surface area contributed by atoms with Crippen LogP contribution in [-0.2, 0) is 4.79 Å². The number of carbonyl (C=O) groups is 2. The number of amides is 2. The Morgan fingerprint density at radius 1 is 1.35 bits per heavy atom. The van der Waals surface area contributed by atoms with Crippen molar-refractivity contribution < 1.29 is 19.8 Å². The molecule has 6 heteroatoms. The average molecular weight is 286 g/mol. The minimum Gasteiger partial charge on any atom is -0.481 e. The molecule has 116 valence electrons. The first-order valence-electron chi connectivity index (χ1n) is 7.37. The summed E-state index contributed by atoms with van der Waals surface area (Å²) in [4.78, 5) is 26.6. The SMILES string of the molecule is CC(C)N(CCCC(=O)O)C(=O)N1CCCCC1CO. The summed E-state index contributed by atoms with van der Waals surface area (Å²) in [5, 5.41) is 18.1. The van der Waals surface area contributed by atoms with Crippen molar-refractivity contribution in [3.05, 3.63) is 0 Å². The second kappa shape index (κ2) is 8.09. The molecule has 0 bridgehead atoms. The molecule has 20 heavy (non-hydrogen) atoms. The third-order valence-corrected chi connectivity index (χ3v) is 3.74. The van der Waals surface area contributed by atoms with Crippen LogP contribution in [0.2, 0.25) is 0 Å². The maximum absolute atomic E-state index is 12.6. The van der Waals surface area contributed by atoms with Gasteiger partial charge in [0.15, 0.2) is 0 Å². The number of urea groups is 1. The zero-order valence-electron chi connectivity index (χ0n) is 12.4. The van der Waals surface area contributed by atoms with Crippen LogP contribution in [-0.4, -0.2) is 63.8 Å². The predicted molar refractivity (Wildman–Crippen MR) is 75.5 cm³/mol. The highest BCUT2D eigenvalue weighted by atomic mass is 16.4. The van der Waals surface area contributed by atoms with Crippen molar-refractivity contribution in [2.45, 2.75) is 58.0 Å². The van der Waals surface area contributed by atoms with Gasteiger partial charge >= 0.3 is 12.0 Å². The lowest BCUT2D eigenvalue weighted by Gasteiger charge is -2.39. The molecule has 0 aromatic carbocycles. The van der Waals surface area contributed by atoms with E-state index in [2.05, 4.69) is 0 Å². The van der Waals surface area contributed by atoms with Crippen LogP contribution in [0.3, 0.4) is 0 Å². The number of aliphatic hydroxyl groups excluding tert-OH is 1. The number of aliphatic carboxylic acids is 1. The molecule has 1 aliphatic heterocycles. The Kier molecular flexibility index (Phi) is 6.78. The molecule has 0 aliphatic carbocycles. The van der Waals surface area contributed by atoms with Crippen LogP contribution in [0.5, 0.6) is 0 Å². The van der Waals surface area contributed by atoms with Crippen LogP contribution in [0.4, 0.5) is 4.79 Å². The van der Waals surface area contributed by atoms with Crippen molar-refractivity contribution >= 4 is 12.0 Å². The molecule has 2 amide bonds. The van der Waals surface area contributed by atoms with Gasteiger partial charge in [0.25, 0.3) is 0 Å². The molecule has 0 spiro atoms. The van der Waals surface area contributed by atoms with Gasteiger partial charge in [-0.1, -0.05) is 0 Å². The molecule has 1 fully saturated rings. The molecule has 1 atom stereocenters. The molecule has 0 aromatic heterocycles. The summed E-state index contributed by atoms with van der Waals surface area (Å²) in [5.41, 5.74) is 0. The van der Waals surface area contributed by atoms with Crippen LogP contribution in [0, 0.1) is 0 Å². The molecule has 6 nitrogen and oxygen atoms in total. The third-order valence-electron chi connectivity index (χ3n) is 3.74. The van der Waals surface area contributed by atoms with Crippen molar-refractivity contribution in [1.82, 2.24) is 9.80 Å². The van der Waals surface area contributed by atoms with E-state index in [1.165, 1.54) is 0 Å². The maximum Gasteiger partial charge on any atom is 0.320 e. The summed E-state index contributed by atoms with van der Waals surface area (Å²) in [7, 11) is 0. The predicted octanol–water partition coefficient (Wildman–Crippen LogP) is 1.53. The van der Waals surface area contributed by atoms with Gasteiger partial charge in [0.1, 0.15) is 0 Å². The molecular weight excluding hydrogens is 260 g/mol. The van der Waals surface area contributed by atoms with Gasteiger partial charge in [-0.2, -0.15) is 0 Å². The van der Waals surface area contributed by atoms with Crippen LogP contribution >= 0.6 is 0 Å². The number of likely N-dealkylation sites (tertiary alicyclic amines) is 1. The normalized spacial score (nSPS) is 19.2. The highest BCUT2D eigenvalue weighted by molar-refractivity contribution is 5.75. The summed E-state index contributed by atoms with van der Waals surface area (Å²) in [6.07, 6.45) is 3.36. The van der Waals surface area contributed by atoms with Crippen LogP contribution in [0.1, 0.15) is 46.0 Å². The fourth-order valence-electron chi connectivity index (χ4n) is 2.58. The standard InChI is InChI=1S/C14H26N2O4/c1-11(2)15(9-5-7-13(18)19)14(20)16-8-4-3-6-12(16)10-17/h11-12,17H,3-10H2,1-2H3,(H,18,19). The number of nitrogens with zero attached hydrogens (tertiary/aromatic N) is 2. The van der Waals surface area contributed by atoms with E-state index in [9.17, 15) is 14.7 Å². The van der Waals surface area contributed by atoms with Crippen molar-refractivity contribution in [3.8, 4) is 0 Å². The Balaban J connectivity index is 2.64. The number of hydrogen-bond donors (Lipinski definition) is 2. The van der Waals surface area contributed by atoms with Gasteiger partial charge < -0.3 is 20.0 Å². The molecular formula is C14H26N2O4. The van der Waals surface area contributed by atoms with Gasteiger partial charge in [0.2, 0.25) is 0 Å². The molecule has 1 rings (SSSR count). The Morgan fingerprint density at radius 3 is 2.60 bits per heavy atom. The van der Waals surface area contributed by atoms with E-state index in [-0.39, 0.29) is 31.1 Å². The van der Waals surface area contributed by atoms with Crippen LogP contribution in [0.25, 0.3) is 0 Å². The Bertz CT molecular complexity index is 333. The van der Waals surface area contributed by atoms with E-state index in [1.54, 1.807) is 9.80 Å². The van der Waals surface area contributed by atoms with Crippen LogP contribution in [0.15, 0.2) is 0 Å². The van der Waals surface area contributed by atoms with E-state index in [0.29, 0.717) is 19.5 Å². The Hall–Kier alpha value is -1.30. The lowest BCUT2D eigenvalue weighted by molar-refractivity contribution is -0.137. The Morgan fingerprint density at radius 2 is 2.05 bits per heavy atom. The average Bonchev–Trinajstić information content (AvgIpc) is 2.42. The second-order valence-electron chi connectivity index (χ2n) is 5.59. The van der Waals surface area contributed by atoms with Gasteiger partial charge in [-0.3, -0.25) is 4.79 Å². The fraction of sp³-hybridized carbons (Fsp3) is 0.857. The molecule has 0 radical (unpaired) electrons. The third kappa shape index (κ3) is 4.67. The molecule has 0 aromatic rings. The summed E-state index contributed by atoms with van der Waals surface area (Å²) in [6, 6.07) is -0.154.